The van der Waals surface area contributed by atoms with Gasteiger partial charge in [-0.2, -0.15) is 5.26 Å². The molecule has 0 spiro atoms. The van der Waals surface area contributed by atoms with E-state index in [4.69, 9.17) is 4.74 Å². The first kappa shape index (κ1) is 21.1. The lowest BCUT2D eigenvalue weighted by Gasteiger charge is -2.37. The van der Waals surface area contributed by atoms with Crippen molar-refractivity contribution in [2.75, 3.05) is 6.54 Å². The van der Waals surface area contributed by atoms with Gasteiger partial charge < -0.3 is 10.1 Å². The zero-order chi connectivity index (χ0) is 22.0. The molecule has 0 aliphatic carbocycles. The van der Waals surface area contributed by atoms with Crippen LogP contribution in [-0.2, 0) is 0 Å². The zero-order valence-electron chi connectivity index (χ0n) is 17.2. The van der Waals surface area contributed by atoms with Crippen molar-refractivity contribution >= 4 is 17.1 Å². The van der Waals surface area contributed by atoms with Crippen LogP contribution in [-0.4, -0.2) is 33.9 Å². The summed E-state index contributed by atoms with van der Waals surface area (Å²) in [6.45, 7) is 4.00. The van der Waals surface area contributed by atoms with E-state index in [-0.39, 0.29) is 17.5 Å². The summed E-state index contributed by atoms with van der Waals surface area (Å²) < 4.78 is 21.1. The Morgan fingerprint density at radius 3 is 2.87 bits per heavy atom. The number of aromatic nitrogens is 2. The van der Waals surface area contributed by atoms with Crippen molar-refractivity contribution in [2.45, 2.75) is 38.3 Å². The van der Waals surface area contributed by atoms with Crippen LogP contribution in [0.3, 0.4) is 0 Å². The van der Waals surface area contributed by atoms with Crippen LogP contribution < -0.4 is 10.1 Å². The summed E-state index contributed by atoms with van der Waals surface area (Å²) in [5.41, 5.74) is 0.695. The number of nitrogens with zero attached hydrogens (tertiary/aromatic N) is 3. The molecule has 4 rings (SSSR count). The number of carbonyl (C=O) groups excluding carboxylic acids is 1. The quantitative estimate of drug-likeness (QED) is 0.600. The maximum atomic E-state index is 15.1. The predicted molar refractivity (Wildman–Crippen MR) is 116 cm³/mol. The van der Waals surface area contributed by atoms with Gasteiger partial charge in [-0.15, -0.1) is 11.3 Å². The van der Waals surface area contributed by atoms with Crippen molar-refractivity contribution in [2.24, 2.45) is 0 Å². The first-order valence-corrected chi connectivity index (χ1v) is 10.8. The zero-order valence-corrected chi connectivity index (χ0v) is 18.0. The van der Waals surface area contributed by atoms with Gasteiger partial charge in [0, 0.05) is 35.4 Å². The molecule has 0 amide bonds. The van der Waals surface area contributed by atoms with Gasteiger partial charge >= 0.3 is 0 Å². The van der Waals surface area contributed by atoms with Crippen LogP contribution >= 0.6 is 11.3 Å². The molecule has 8 heteroatoms. The number of hydrogen-bond donors (Lipinski definition) is 1. The Morgan fingerprint density at radius 1 is 1.35 bits per heavy atom. The lowest BCUT2D eigenvalue weighted by molar-refractivity contribution is 0.0718. The number of thiazole rings is 1. The Bertz CT molecular complexity index is 1150. The third kappa shape index (κ3) is 4.07. The van der Waals surface area contributed by atoms with E-state index in [0.29, 0.717) is 47.0 Å². The molecule has 0 unspecified atom stereocenters. The van der Waals surface area contributed by atoms with Gasteiger partial charge in [0.2, 0.25) is 5.88 Å². The highest BCUT2D eigenvalue weighted by Crippen LogP contribution is 2.31. The molecule has 31 heavy (non-hydrogen) atoms. The largest absolute Gasteiger partial charge is 0.473 e. The average Bonchev–Trinajstić information content (AvgIpc) is 3.31. The summed E-state index contributed by atoms with van der Waals surface area (Å²) in [5, 5.41) is 14.7. The van der Waals surface area contributed by atoms with Crippen molar-refractivity contribution < 1.29 is 13.9 Å². The van der Waals surface area contributed by atoms with Crippen molar-refractivity contribution in [1.82, 2.24) is 15.3 Å². The number of Topliss-reactive ketones (excluding diaryl/α,β-unsaturated/α-hetero) is 1. The minimum absolute atomic E-state index is 0.0568. The van der Waals surface area contributed by atoms with E-state index in [1.807, 2.05) is 0 Å². The van der Waals surface area contributed by atoms with Gasteiger partial charge in [0.1, 0.15) is 16.9 Å². The number of rotatable bonds is 5. The molecule has 1 aliphatic rings. The van der Waals surface area contributed by atoms with E-state index in [1.54, 1.807) is 49.8 Å². The van der Waals surface area contributed by atoms with Gasteiger partial charge in [-0.1, -0.05) is 6.07 Å². The molecule has 6 nitrogen and oxygen atoms in total. The Morgan fingerprint density at radius 2 is 2.19 bits per heavy atom. The Labute approximate surface area is 183 Å². The summed E-state index contributed by atoms with van der Waals surface area (Å²) in [4.78, 5) is 21.6. The number of ether oxygens (including phenoxy) is 1. The third-order valence-corrected chi connectivity index (χ3v) is 6.46. The second-order valence-electron chi connectivity index (χ2n) is 7.73. The first-order chi connectivity index (χ1) is 14.9. The van der Waals surface area contributed by atoms with Crippen LogP contribution in [0.2, 0.25) is 0 Å². The average molecular weight is 437 g/mol. The molecular weight excluding hydrogens is 415 g/mol. The van der Waals surface area contributed by atoms with Crippen molar-refractivity contribution in [1.29, 1.82) is 5.26 Å². The molecule has 1 aliphatic heterocycles. The lowest BCUT2D eigenvalue weighted by atomic mass is 9.82. The fourth-order valence-electron chi connectivity index (χ4n) is 3.71. The molecule has 0 saturated carbocycles. The van der Waals surface area contributed by atoms with Gasteiger partial charge in [0.15, 0.2) is 5.78 Å². The van der Waals surface area contributed by atoms with E-state index >= 15 is 4.39 Å². The van der Waals surface area contributed by atoms with E-state index in [2.05, 4.69) is 21.4 Å². The number of benzene rings is 1. The van der Waals surface area contributed by atoms with E-state index in [0.717, 1.165) is 0 Å². The molecule has 0 radical (unpaired) electrons. The molecule has 1 fully saturated rings. The van der Waals surface area contributed by atoms with Gasteiger partial charge in [-0.25, -0.2) is 14.4 Å². The van der Waals surface area contributed by atoms with Gasteiger partial charge in [0.05, 0.1) is 22.7 Å². The highest BCUT2D eigenvalue weighted by Gasteiger charge is 2.39. The Hall–Kier alpha value is -3.15. The molecular formula is C23H21FN4O2S. The standard InChI is InChI=1S/C23H21FN4O2S/c1-14-15(12-25)7-9-26-21(14)30-16-6-8-23(2,28-13-16)20(29)17-4-3-5-18(19(17)24)22-27-10-11-31-22/h3-5,7,9-11,16,28H,6,8,13H2,1-2H3/t16-,23-/m1/s1. The summed E-state index contributed by atoms with van der Waals surface area (Å²) in [6.07, 6.45) is 4.03. The number of pyridine rings is 1. The molecule has 0 bridgehead atoms. The minimum atomic E-state index is -0.904. The Balaban J connectivity index is 1.48. The predicted octanol–water partition coefficient (Wildman–Crippen LogP) is 4.30. The number of nitrogens with one attached hydrogen (secondary N) is 1. The SMILES string of the molecule is Cc1c(C#N)ccnc1O[C@@H]1CC[C@](C)(C(=O)c2cccc(-c3nccs3)c2F)NC1. The second-order valence-corrected chi connectivity index (χ2v) is 8.62. The van der Waals surface area contributed by atoms with Crippen LogP contribution in [0.1, 0.15) is 41.3 Å². The number of carbonyl (C=O) groups is 1. The van der Waals surface area contributed by atoms with Gasteiger partial charge in [-0.05, 0) is 44.9 Å². The summed E-state index contributed by atoms with van der Waals surface area (Å²) in [5.74, 6) is -0.414. The molecule has 1 saturated heterocycles. The van der Waals surface area contributed by atoms with E-state index < -0.39 is 11.4 Å². The fourth-order valence-corrected chi connectivity index (χ4v) is 4.37. The molecule has 3 heterocycles. The van der Waals surface area contributed by atoms with Crippen molar-refractivity contribution in [3.05, 3.63) is 64.5 Å². The molecule has 3 aromatic rings. The maximum absolute atomic E-state index is 15.1. The van der Waals surface area contributed by atoms with Crippen LogP contribution in [0.25, 0.3) is 10.6 Å². The van der Waals surface area contributed by atoms with Crippen LogP contribution in [0.15, 0.2) is 42.0 Å². The maximum Gasteiger partial charge on any atom is 0.217 e. The molecule has 2 atom stereocenters. The number of halogens is 1. The van der Waals surface area contributed by atoms with E-state index in [1.165, 1.54) is 17.4 Å². The summed E-state index contributed by atoms with van der Waals surface area (Å²) >= 11 is 1.33. The number of piperidine rings is 1. The van der Waals surface area contributed by atoms with Crippen molar-refractivity contribution in [3.63, 3.8) is 0 Å². The molecule has 1 N–H and O–H groups in total. The smallest absolute Gasteiger partial charge is 0.217 e. The topological polar surface area (TPSA) is 87.9 Å². The first-order valence-electron chi connectivity index (χ1n) is 9.93. The van der Waals surface area contributed by atoms with Gasteiger partial charge in [0.25, 0.3) is 0 Å². The van der Waals surface area contributed by atoms with Crippen LogP contribution in [0.4, 0.5) is 4.39 Å². The molecule has 2 aromatic heterocycles. The van der Waals surface area contributed by atoms with Crippen LogP contribution in [0, 0.1) is 24.1 Å². The van der Waals surface area contributed by atoms with E-state index in [9.17, 15) is 10.1 Å². The number of hydrogen-bond acceptors (Lipinski definition) is 7. The van der Waals surface area contributed by atoms with Crippen LogP contribution in [0.5, 0.6) is 5.88 Å². The summed E-state index contributed by atoms with van der Waals surface area (Å²) in [6, 6.07) is 8.60. The monoisotopic (exact) mass is 436 g/mol. The second kappa shape index (κ2) is 8.53. The normalized spacial score (nSPS) is 20.8. The lowest BCUT2D eigenvalue weighted by Crippen LogP contribution is -2.57. The fraction of sp³-hybridized carbons (Fsp3) is 0.304. The Kier molecular flexibility index (Phi) is 5.81. The summed E-state index contributed by atoms with van der Waals surface area (Å²) in [7, 11) is 0. The number of nitriles is 1. The highest BCUT2D eigenvalue weighted by molar-refractivity contribution is 7.13. The molecule has 158 valence electrons. The minimum Gasteiger partial charge on any atom is -0.473 e. The highest BCUT2D eigenvalue weighted by atomic mass is 32.1. The van der Waals surface area contributed by atoms with Gasteiger partial charge in [-0.3, -0.25) is 4.79 Å². The van der Waals surface area contributed by atoms with Crippen molar-refractivity contribution in [3.8, 4) is 22.5 Å². The molecule has 1 aromatic carbocycles. The third-order valence-electron chi connectivity index (χ3n) is 5.65. The number of ketones is 1.